The van der Waals surface area contributed by atoms with Gasteiger partial charge in [0.05, 0.1) is 36.6 Å². The molecule has 0 saturated carbocycles. The first kappa shape index (κ1) is 21.6. The topological polar surface area (TPSA) is 142 Å². The van der Waals surface area contributed by atoms with Crippen LogP contribution in [0.2, 0.25) is 0 Å². The molecule has 0 aliphatic carbocycles. The molecule has 2 aromatic carbocycles. The Kier molecular flexibility index (Phi) is 5.97. The van der Waals surface area contributed by atoms with Gasteiger partial charge in [-0.15, -0.1) is 5.10 Å². The standard InChI is InChI=1S/C20H22N6O5S/c1-30-16-5-7-17(8-6-16)32(28,29)23-14-3-2-4-15(13-14)26-19(21)18(22-24-26)20(27)25-9-11-31-12-10-25/h2-8,13,23H,9-12,21H2,1H3. The molecule has 0 bridgehead atoms. The molecule has 11 nitrogen and oxygen atoms in total. The van der Waals surface area contributed by atoms with E-state index in [2.05, 4.69) is 15.0 Å². The molecule has 12 heteroatoms. The van der Waals surface area contributed by atoms with Gasteiger partial charge in [-0.3, -0.25) is 9.52 Å². The number of hydrogen-bond acceptors (Lipinski definition) is 8. The van der Waals surface area contributed by atoms with Gasteiger partial charge in [-0.2, -0.15) is 4.68 Å². The molecule has 3 N–H and O–H groups in total. The monoisotopic (exact) mass is 458 g/mol. The Bertz CT molecular complexity index is 1220. The lowest BCUT2D eigenvalue weighted by atomic mass is 10.3. The van der Waals surface area contributed by atoms with Crippen molar-refractivity contribution in [2.75, 3.05) is 43.9 Å². The van der Waals surface area contributed by atoms with Gasteiger partial charge < -0.3 is 20.1 Å². The summed E-state index contributed by atoms with van der Waals surface area (Å²) in [5, 5.41) is 7.93. The number of hydrogen-bond donors (Lipinski definition) is 2. The molecular formula is C20H22N6O5S. The molecule has 2 heterocycles. The minimum absolute atomic E-state index is 0.0381. The van der Waals surface area contributed by atoms with E-state index in [1.54, 1.807) is 41.3 Å². The Morgan fingerprint density at radius 1 is 1.16 bits per heavy atom. The number of sulfonamides is 1. The molecule has 1 saturated heterocycles. The van der Waals surface area contributed by atoms with Crippen LogP contribution in [0.4, 0.5) is 11.5 Å². The molecule has 4 rings (SSSR count). The van der Waals surface area contributed by atoms with Gasteiger partial charge in [0.15, 0.2) is 11.5 Å². The van der Waals surface area contributed by atoms with E-state index in [9.17, 15) is 13.2 Å². The van der Waals surface area contributed by atoms with E-state index in [0.29, 0.717) is 43.4 Å². The zero-order valence-electron chi connectivity index (χ0n) is 17.3. The number of amides is 1. The summed E-state index contributed by atoms with van der Waals surface area (Å²) in [4.78, 5) is 14.4. The van der Waals surface area contributed by atoms with Crippen LogP contribution in [-0.4, -0.2) is 67.6 Å². The van der Waals surface area contributed by atoms with Gasteiger partial charge in [-0.1, -0.05) is 11.3 Å². The first-order valence-corrected chi connectivity index (χ1v) is 11.2. The highest BCUT2D eigenvalue weighted by atomic mass is 32.2. The number of aromatic nitrogens is 3. The molecule has 168 valence electrons. The second-order valence-electron chi connectivity index (χ2n) is 6.97. The quantitative estimate of drug-likeness (QED) is 0.560. The number of rotatable bonds is 6. The minimum Gasteiger partial charge on any atom is -0.497 e. The number of benzene rings is 2. The summed E-state index contributed by atoms with van der Waals surface area (Å²) in [6.07, 6.45) is 0. The number of ether oxygens (including phenoxy) is 2. The maximum Gasteiger partial charge on any atom is 0.278 e. The van der Waals surface area contributed by atoms with E-state index >= 15 is 0 Å². The molecule has 32 heavy (non-hydrogen) atoms. The first-order chi connectivity index (χ1) is 15.4. The molecule has 0 spiro atoms. The lowest BCUT2D eigenvalue weighted by molar-refractivity contribution is 0.0299. The molecule has 3 aromatic rings. The highest BCUT2D eigenvalue weighted by Crippen LogP contribution is 2.23. The molecule has 1 fully saturated rings. The third-order valence-electron chi connectivity index (χ3n) is 4.92. The van der Waals surface area contributed by atoms with Crippen molar-refractivity contribution < 1.29 is 22.7 Å². The summed E-state index contributed by atoms with van der Waals surface area (Å²) >= 11 is 0. The van der Waals surface area contributed by atoms with Gasteiger partial charge in [0.2, 0.25) is 0 Å². The van der Waals surface area contributed by atoms with Crippen LogP contribution in [0.25, 0.3) is 5.69 Å². The number of nitrogens with two attached hydrogens (primary N) is 1. The number of carbonyl (C=O) groups excluding carboxylic acids is 1. The molecule has 1 aliphatic heterocycles. The Labute approximate surface area is 184 Å². The van der Waals surface area contributed by atoms with Gasteiger partial charge in [-0.05, 0) is 42.5 Å². The maximum absolute atomic E-state index is 12.7. The molecule has 1 aliphatic rings. The molecule has 0 atom stereocenters. The average molecular weight is 459 g/mol. The van der Waals surface area contributed by atoms with Crippen LogP contribution < -0.4 is 15.2 Å². The Morgan fingerprint density at radius 2 is 1.88 bits per heavy atom. The third-order valence-corrected chi connectivity index (χ3v) is 6.32. The molecule has 1 amide bonds. The molecule has 1 aromatic heterocycles. The van der Waals surface area contributed by atoms with E-state index in [0.717, 1.165) is 0 Å². The molecule has 0 unspecified atom stereocenters. The maximum atomic E-state index is 12.7. The van der Waals surface area contributed by atoms with Crippen LogP contribution in [0.5, 0.6) is 5.75 Å². The SMILES string of the molecule is COc1ccc(S(=O)(=O)Nc2cccc(-n3nnc(C(=O)N4CCOCC4)c3N)c2)cc1. The summed E-state index contributed by atoms with van der Waals surface area (Å²) in [6.45, 7) is 1.81. The minimum atomic E-state index is -3.82. The van der Waals surface area contributed by atoms with Crippen LogP contribution in [0.1, 0.15) is 10.5 Å². The van der Waals surface area contributed by atoms with Gasteiger partial charge in [0, 0.05) is 13.1 Å². The molecule has 0 radical (unpaired) electrons. The van der Waals surface area contributed by atoms with Crippen molar-refractivity contribution in [2.45, 2.75) is 4.90 Å². The normalized spacial score (nSPS) is 14.2. The second-order valence-corrected chi connectivity index (χ2v) is 8.65. The van der Waals surface area contributed by atoms with E-state index in [1.807, 2.05) is 0 Å². The average Bonchev–Trinajstić information content (AvgIpc) is 3.20. The van der Waals surface area contributed by atoms with Gasteiger partial charge in [0.1, 0.15) is 5.75 Å². The zero-order chi connectivity index (χ0) is 22.7. The number of nitrogens with zero attached hydrogens (tertiary/aromatic N) is 4. The van der Waals surface area contributed by atoms with Gasteiger partial charge in [0.25, 0.3) is 15.9 Å². The van der Waals surface area contributed by atoms with E-state index < -0.39 is 10.0 Å². The third kappa shape index (κ3) is 4.36. The summed E-state index contributed by atoms with van der Waals surface area (Å²) < 4.78 is 39.6. The van der Waals surface area contributed by atoms with Crippen LogP contribution in [0.3, 0.4) is 0 Å². The highest BCUT2D eigenvalue weighted by Gasteiger charge is 2.25. The van der Waals surface area contributed by atoms with Crippen LogP contribution in [-0.2, 0) is 14.8 Å². The van der Waals surface area contributed by atoms with Gasteiger partial charge >= 0.3 is 0 Å². The largest absolute Gasteiger partial charge is 0.497 e. The lowest BCUT2D eigenvalue weighted by Gasteiger charge is -2.26. The fraction of sp³-hybridized carbons (Fsp3) is 0.250. The van der Waals surface area contributed by atoms with Crippen molar-refractivity contribution in [3.63, 3.8) is 0 Å². The zero-order valence-corrected chi connectivity index (χ0v) is 18.1. The van der Waals surface area contributed by atoms with Crippen molar-refractivity contribution in [1.29, 1.82) is 0 Å². The van der Waals surface area contributed by atoms with Crippen molar-refractivity contribution in [1.82, 2.24) is 19.9 Å². The van der Waals surface area contributed by atoms with Crippen LogP contribution in [0.15, 0.2) is 53.4 Å². The number of morpholine rings is 1. The lowest BCUT2D eigenvalue weighted by Crippen LogP contribution is -2.41. The van der Waals surface area contributed by atoms with Crippen molar-refractivity contribution >= 4 is 27.4 Å². The highest BCUT2D eigenvalue weighted by molar-refractivity contribution is 7.92. The van der Waals surface area contributed by atoms with Crippen molar-refractivity contribution in [3.05, 3.63) is 54.2 Å². The Morgan fingerprint density at radius 3 is 2.56 bits per heavy atom. The molecular weight excluding hydrogens is 436 g/mol. The van der Waals surface area contributed by atoms with E-state index in [-0.39, 0.29) is 22.3 Å². The van der Waals surface area contributed by atoms with E-state index in [1.165, 1.54) is 23.9 Å². The Hall–Kier alpha value is -3.64. The first-order valence-electron chi connectivity index (χ1n) is 9.74. The number of nitrogen functional groups attached to an aromatic ring is 1. The predicted molar refractivity (Wildman–Crippen MR) is 116 cm³/mol. The smallest absolute Gasteiger partial charge is 0.278 e. The van der Waals surface area contributed by atoms with Crippen molar-refractivity contribution in [2.24, 2.45) is 0 Å². The summed E-state index contributed by atoms with van der Waals surface area (Å²) in [6, 6.07) is 12.5. The summed E-state index contributed by atoms with van der Waals surface area (Å²) in [7, 11) is -2.32. The van der Waals surface area contributed by atoms with Crippen LogP contribution >= 0.6 is 0 Å². The summed E-state index contributed by atoms with van der Waals surface area (Å²) in [5.41, 5.74) is 6.94. The predicted octanol–water partition coefficient (Wildman–Crippen LogP) is 1.13. The fourth-order valence-electron chi connectivity index (χ4n) is 3.22. The van der Waals surface area contributed by atoms with Gasteiger partial charge in [-0.25, -0.2) is 8.42 Å². The van der Waals surface area contributed by atoms with E-state index in [4.69, 9.17) is 15.2 Å². The van der Waals surface area contributed by atoms with Crippen molar-refractivity contribution in [3.8, 4) is 11.4 Å². The number of methoxy groups -OCH3 is 1. The van der Waals surface area contributed by atoms with Crippen LogP contribution in [0, 0.1) is 0 Å². The fourth-order valence-corrected chi connectivity index (χ4v) is 4.27. The summed E-state index contributed by atoms with van der Waals surface area (Å²) in [5.74, 6) is 0.292. The Balaban J connectivity index is 1.56. The number of nitrogens with one attached hydrogen (secondary N) is 1. The second kappa shape index (κ2) is 8.85. The number of carbonyl (C=O) groups is 1. The number of anilines is 2.